The Hall–Kier alpha value is -0.150. The van der Waals surface area contributed by atoms with E-state index in [1.807, 2.05) is 0 Å². The van der Waals surface area contributed by atoms with Crippen molar-refractivity contribution in [1.82, 2.24) is 4.90 Å². The van der Waals surface area contributed by atoms with Crippen LogP contribution in [-0.4, -0.2) is 36.2 Å². The fraction of sp³-hybridized carbons (Fsp3) is 0.833. The highest BCUT2D eigenvalue weighted by atomic mass is 32.1. The summed E-state index contributed by atoms with van der Waals surface area (Å²) in [6.07, 6.45) is 0.345. The first-order chi connectivity index (χ1) is 4.33. The Balaban J connectivity index is 2.31. The summed E-state index contributed by atoms with van der Waals surface area (Å²) in [5, 5.41) is 0. The van der Waals surface area contributed by atoms with E-state index in [2.05, 4.69) is 11.8 Å². The van der Waals surface area contributed by atoms with Crippen LogP contribution in [0.4, 0.5) is 0 Å². The van der Waals surface area contributed by atoms with Crippen LogP contribution in [0.15, 0.2) is 0 Å². The van der Waals surface area contributed by atoms with Crippen molar-refractivity contribution in [2.75, 3.05) is 19.7 Å². The molecule has 3 heteroatoms. The highest BCUT2D eigenvalue weighted by Crippen LogP contribution is 2.00. The van der Waals surface area contributed by atoms with E-state index in [-0.39, 0.29) is 0 Å². The van der Waals surface area contributed by atoms with Gasteiger partial charge in [0.2, 0.25) is 0 Å². The molecule has 0 aromatic rings. The van der Waals surface area contributed by atoms with Crippen molar-refractivity contribution in [3.8, 4) is 0 Å². The average Bonchev–Trinajstić information content (AvgIpc) is 1.88. The van der Waals surface area contributed by atoms with Gasteiger partial charge in [-0.2, -0.15) is 0 Å². The average molecular weight is 145 g/mol. The number of morpholine rings is 1. The predicted octanol–water partition coefficient (Wildman–Crippen LogP) is 0.664. The monoisotopic (exact) mass is 145 g/mol. The highest BCUT2D eigenvalue weighted by Gasteiger charge is 2.12. The van der Waals surface area contributed by atoms with Crippen LogP contribution in [0.3, 0.4) is 0 Å². The maximum Gasteiger partial charge on any atom is 0.0722 e. The van der Waals surface area contributed by atoms with Gasteiger partial charge < -0.3 is 9.64 Å². The first-order valence-corrected chi connectivity index (χ1v) is 3.61. The van der Waals surface area contributed by atoms with Gasteiger partial charge in [0.1, 0.15) is 0 Å². The van der Waals surface area contributed by atoms with Crippen LogP contribution in [0, 0.1) is 0 Å². The highest BCUT2D eigenvalue weighted by molar-refractivity contribution is 7.78. The molecule has 1 unspecified atom stereocenters. The Kier molecular flexibility index (Phi) is 2.42. The first kappa shape index (κ1) is 6.96. The number of hydrogen-bond acceptors (Lipinski definition) is 2. The van der Waals surface area contributed by atoms with Gasteiger partial charge in [-0.25, -0.2) is 0 Å². The van der Waals surface area contributed by atoms with Crippen molar-refractivity contribution in [3.05, 3.63) is 0 Å². The van der Waals surface area contributed by atoms with Crippen molar-refractivity contribution in [3.63, 3.8) is 0 Å². The van der Waals surface area contributed by atoms with E-state index in [0.717, 1.165) is 19.7 Å². The lowest BCUT2D eigenvalue weighted by molar-refractivity contribution is 0.00807. The van der Waals surface area contributed by atoms with Crippen LogP contribution in [0.25, 0.3) is 0 Å². The van der Waals surface area contributed by atoms with E-state index >= 15 is 0 Å². The van der Waals surface area contributed by atoms with Crippen LogP contribution < -0.4 is 0 Å². The summed E-state index contributed by atoms with van der Waals surface area (Å²) in [4.78, 5) is 2.10. The van der Waals surface area contributed by atoms with Crippen molar-refractivity contribution in [2.45, 2.75) is 13.0 Å². The van der Waals surface area contributed by atoms with E-state index in [1.54, 1.807) is 5.49 Å². The molecule has 1 heterocycles. The molecule has 0 N–H and O–H groups in total. The molecule has 1 fully saturated rings. The predicted molar refractivity (Wildman–Crippen MR) is 40.6 cm³/mol. The molecule has 0 saturated carbocycles. The molecule has 0 aromatic carbocycles. The number of nitrogens with zero attached hydrogens (tertiary/aromatic N) is 1. The summed E-state index contributed by atoms with van der Waals surface area (Å²) >= 11 is 4.77. The normalized spacial score (nSPS) is 28.1. The molecule has 0 amide bonds. The summed E-state index contributed by atoms with van der Waals surface area (Å²) in [7, 11) is 0. The van der Waals surface area contributed by atoms with Gasteiger partial charge >= 0.3 is 0 Å². The van der Waals surface area contributed by atoms with Gasteiger partial charge in [0, 0.05) is 13.1 Å². The topological polar surface area (TPSA) is 12.5 Å². The Bertz CT molecular complexity index is 107. The van der Waals surface area contributed by atoms with Gasteiger partial charge in [0.05, 0.1) is 18.2 Å². The summed E-state index contributed by atoms with van der Waals surface area (Å²) < 4.78 is 5.30. The van der Waals surface area contributed by atoms with E-state index < -0.39 is 0 Å². The third-order valence-electron chi connectivity index (χ3n) is 1.42. The summed E-state index contributed by atoms with van der Waals surface area (Å²) in [5.41, 5.74) is 1.71. The van der Waals surface area contributed by atoms with Crippen molar-refractivity contribution in [1.29, 1.82) is 0 Å². The summed E-state index contributed by atoms with van der Waals surface area (Å²) in [6.45, 7) is 4.77. The molecule has 0 spiro atoms. The van der Waals surface area contributed by atoms with Gasteiger partial charge in [-0.3, -0.25) is 0 Å². The van der Waals surface area contributed by atoms with Crippen LogP contribution in [-0.2, 0) is 4.74 Å². The van der Waals surface area contributed by atoms with Crippen LogP contribution in [0.1, 0.15) is 6.92 Å². The standard InChI is InChI=1S/C6H11NOS/c1-6-4-7(5-9)2-3-8-6/h5-6H,2-4H2,1H3. The molecule has 2 nitrogen and oxygen atoms in total. The molecule has 0 bridgehead atoms. The minimum absolute atomic E-state index is 0.345. The fourth-order valence-electron chi connectivity index (χ4n) is 0.941. The molecule has 1 aliphatic heterocycles. The second-order valence-electron chi connectivity index (χ2n) is 2.28. The SMILES string of the molecule is CC1CN(C=S)CCO1. The number of rotatable bonds is 1. The second-order valence-corrected chi connectivity index (χ2v) is 2.49. The van der Waals surface area contributed by atoms with Gasteiger partial charge in [-0.05, 0) is 6.92 Å². The lowest BCUT2D eigenvalue weighted by Crippen LogP contribution is -2.39. The maximum absolute atomic E-state index is 5.30. The molecule has 1 aliphatic rings. The fourth-order valence-corrected chi connectivity index (χ4v) is 1.13. The van der Waals surface area contributed by atoms with Crippen molar-refractivity contribution >= 4 is 17.7 Å². The van der Waals surface area contributed by atoms with Crippen LogP contribution in [0.5, 0.6) is 0 Å². The second kappa shape index (κ2) is 3.13. The Morgan fingerprint density at radius 3 is 3.00 bits per heavy atom. The molecule has 0 aromatic heterocycles. The third kappa shape index (κ3) is 1.91. The zero-order chi connectivity index (χ0) is 6.69. The Morgan fingerprint density at radius 1 is 1.78 bits per heavy atom. The third-order valence-corrected chi connectivity index (χ3v) is 1.72. The summed E-state index contributed by atoms with van der Waals surface area (Å²) in [5.74, 6) is 0. The molecule has 1 rings (SSSR count). The smallest absolute Gasteiger partial charge is 0.0722 e. The van der Waals surface area contributed by atoms with Crippen molar-refractivity contribution < 1.29 is 4.74 Å². The molecule has 0 radical (unpaired) electrons. The molecule has 9 heavy (non-hydrogen) atoms. The molecule has 52 valence electrons. The number of thiocarbonyl (C=S) groups is 1. The van der Waals surface area contributed by atoms with Gasteiger partial charge in [0.15, 0.2) is 0 Å². The first-order valence-electron chi connectivity index (χ1n) is 3.14. The zero-order valence-electron chi connectivity index (χ0n) is 5.54. The van der Waals surface area contributed by atoms with Gasteiger partial charge in [-0.1, -0.05) is 12.2 Å². The minimum Gasteiger partial charge on any atom is -0.375 e. The van der Waals surface area contributed by atoms with E-state index in [1.165, 1.54) is 0 Å². The molecular weight excluding hydrogens is 134 g/mol. The maximum atomic E-state index is 5.30. The lowest BCUT2D eigenvalue weighted by atomic mass is 10.3. The van der Waals surface area contributed by atoms with Gasteiger partial charge in [-0.15, -0.1) is 0 Å². The van der Waals surface area contributed by atoms with E-state index in [0.29, 0.717) is 6.10 Å². The zero-order valence-corrected chi connectivity index (χ0v) is 6.36. The minimum atomic E-state index is 0.345. The quantitative estimate of drug-likeness (QED) is 0.503. The van der Waals surface area contributed by atoms with E-state index in [9.17, 15) is 0 Å². The summed E-state index contributed by atoms with van der Waals surface area (Å²) in [6, 6.07) is 0. The van der Waals surface area contributed by atoms with E-state index in [4.69, 9.17) is 17.0 Å². The number of ether oxygens (including phenoxy) is 1. The number of hydrogen-bond donors (Lipinski definition) is 0. The van der Waals surface area contributed by atoms with Gasteiger partial charge in [0.25, 0.3) is 0 Å². The molecule has 1 atom stereocenters. The largest absolute Gasteiger partial charge is 0.375 e. The molecule has 1 saturated heterocycles. The molecular formula is C6H11NOS. The Labute approximate surface area is 60.8 Å². The van der Waals surface area contributed by atoms with Crippen LogP contribution in [0.2, 0.25) is 0 Å². The Morgan fingerprint density at radius 2 is 2.56 bits per heavy atom. The van der Waals surface area contributed by atoms with Crippen molar-refractivity contribution in [2.24, 2.45) is 0 Å². The molecule has 0 aliphatic carbocycles. The van der Waals surface area contributed by atoms with Crippen LogP contribution >= 0.6 is 12.2 Å². The lowest BCUT2D eigenvalue weighted by Gasteiger charge is -2.28.